The van der Waals surface area contributed by atoms with Gasteiger partial charge in [-0.25, -0.2) is 4.79 Å². The summed E-state index contributed by atoms with van der Waals surface area (Å²) in [5.74, 6) is 5.67. The monoisotopic (exact) mass is 242 g/mol. The smallest absolute Gasteiger partial charge is 0.354 e. The molecule has 0 spiro atoms. The number of H-pyrrole nitrogens is 1. The number of hydrogen-bond acceptors (Lipinski definition) is 3. The zero-order valence-electron chi connectivity index (χ0n) is 10.3. The van der Waals surface area contributed by atoms with Crippen molar-refractivity contribution < 1.29 is 9.53 Å². The first-order valence-corrected chi connectivity index (χ1v) is 5.59. The number of esters is 1. The summed E-state index contributed by atoms with van der Waals surface area (Å²) in [6.45, 7) is 0.649. The van der Waals surface area contributed by atoms with Crippen molar-refractivity contribution in [1.29, 1.82) is 0 Å². The fourth-order valence-corrected chi connectivity index (χ4v) is 1.66. The van der Waals surface area contributed by atoms with Crippen molar-refractivity contribution in [3.8, 4) is 11.8 Å². The maximum Gasteiger partial charge on any atom is 0.354 e. The lowest BCUT2D eigenvalue weighted by atomic mass is 10.1. The number of aromatic nitrogens is 1. The van der Waals surface area contributed by atoms with Crippen molar-refractivity contribution in [2.45, 2.75) is 0 Å². The first kappa shape index (κ1) is 12.2. The fraction of sp³-hybridized carbons (Fsp3) is 0.214. The van der Waals surface area contributed by atoms with Gasteiger partial charge in [0.05, 0.1) is 13.7 Å². The molecule has 0 atom stereocenters. The molecule has 0 aliphatic carbocycles. The second kappa shape index (κ2) is 5.39. The maximum atomic E-state index is 11.4. The number of hydrogen-bond donors (Lipinski definition) is 2. The molecule has 92 valence electrons. The molecule has 2 N–H and O–H groups in total. The number of rotatable bonds is 2. The molecule has 0 aliphatic heterocycles. The molecule has 2 aromatic rings. The minimum Gasteiger partial charge on any atom is -0.464 e. The third-order valence-corrected chi connectivity index (χ3v) is 2.53. The highest BCUT2D eigenvalue weighted by atomic mass is 16.5. The van der Waals surface area contributed by atoms with Crippen LogP contribution < -0.4 is 5.32 Å². The summed E-state index contributed by atoms with van der Waals surface area (Å²) in [6, 6.07) is 7.55. The summed E-state index contributed by atoms with van der Waals surface area (Å²) in [7, 11) is 3.22. The Kier molecular flexibility index (Phi) is 3.66. The van der Waals surface area contributed by atoms with E-state index in [-0.39, 0.29) is 5.97 Å². The number of fused-ring (bicyclic) bond motifs is 1. The molecule has 2 rings (SSSR count). The average Bonchev–Trinajstić information content (AvgIpc) is 2.81. The Balaban J connectivity index is 2.34. The van der Waals surface area contributed by atoms with Crippen LogP contribution in [0.4, 0.5) is 0 Å². The maximum absolute atomic E-state index is 11.4. The van der Waals surface area contributed by atoms with Crippen LogP contribution in [-0.4, -0.2) is 31.7 Å². The Labute approximate surface area is 105 Å². The zero-order valence-corrected chi connectivity index (χ0v) is 10.3. The van der Waals surface area contributed by atoms with Gasteiger partial charge >= 0.3 is 5.97 Å². The van der Waals surface area contributed by atoms with Crippen molar-refractivity contribution in [1.82, 2.24) is 10.3 Å². The molecule has 1 aromatic heterocycles. The SMILES string of the molecule is CNCC#Cc1ccc2cc(C(=O)OC)[nH]c2c1. The Bertz CT molecular complexity index is 632. The standard InChI is InChI=1S/C14H14N2O2/c1-15-7-3-4-10-5-6-11-9-13(14(17)18-2)16-12(11)8-10/h5-6,8-9,15-16H,7H2,1-2H3. The van der Waals surface area contributed by atoms with E-state index in [1.165, 1.54) is 7.11 Å². The normalized spacial score (nSPS) is 9.89. The molecule has 18 heavy (non-hydrogen) atoms. The van der Waals surface area contributed by atoms with E-state index in [9.17, 15) is 4.79 Å². The number of aromatic amines is 1. The topological polar surface area (TPSA) is 54.1 Å². The van der Waals surface area contributed by atoms with Crippen LogP contribution in [0.1, 0.15) is 16.1 Å². The molecule has 4 heteroatoms. The van der Waals surface area contributed by atoms with Gasteiger partial charge in [-0.1, -0.05) is 17.9 Å². The number of methoxy groups -OCH3 is 1. The molecule has 4 nitrogen and oxygen atoms in total. The van der Waals surface area contributed by atoms with Crippen LogP contribution in [0.15, 0.2) is 24.3 Å². The van der Waals surface area contributed by atoms with Crippen LogP contribution in [0.5, 0.6) is 0 Å². The van der Waals surface area contributed by atoms with Crippen LogP contribution in [-0.2, 0) is 4.74 Å². The second-order valence-corrected chi connectivity index (χ2v) is 3.81. The third-order valence-electron chi connectivity index (χ3n) is 2.53. The van der Waals surface area contributed by atoms with Crippen LogP contribution >= 0.6 is 0 Å². The van der Waals surface area contributed by atoms with Gasteiger partial charge in [0, 0.05) is 16.5 Å². The molecular weight excluding hydrogens is 228 g/mol. The lowest BCUT2D eigenvalue weighted by molar-refractivity contribution is 0.0595. The highest BCUT2D eigenvalue weighted by Gasteiger charge is 2.08. The van der Waals surface area contributed by atoms with E-state index in [4.69, 9.17) is 0 Å². The van der Waals surface area contributed by atoms with Gasteiger partial charge < -0.3 is 15.0 Å². The van der Waals surface area contributed by atoms with Crippen LogP contribution in [0.2, 0.25) is 0 Å². The molecule has 0 radical (unpaired) electrons. The molecule has 0 saturated carbocycles. The van der Waals surface area contributed by atoms with Gasteiger partial charge in [0.1, 0.15) is 5.69 Å². The van der Waals surface area contributed by atoms with E-state index in [1.54, 1.807) is 6.07 Å². The van der Waals surface area contributed by atoms with Crippen molar-refractivity contribution >= 4 is 16.9 Å². The second-order valence-electron chi connectivity index (χ2n) is 3.81. The lowest BCUT2D eigenvalue weighted by Crippen LogP contribution is -2.04. The quantitative estimate of drug-likeness (QED) is 0.620. The Morgan fingerprint density at radius 1 is 1.44 bits per heavy atom. The largest absolute Gasteiger partial charge is 0.464 e. The zero-order chi connectivity index (χ0) is 13.0. The Morgan fingerprint density at radius 3 is 3.00 bits per heavy atom. The van der Waals surface area contributed by atoms with Crippen LogP contribution in [0.25, 0.3) is 10.9 Å². The van der Waals surface area contributed by atoms with Gasteiger partial charge in [-0.05, 0) is 25.2 Å². The highest BCUT2D eigenvalue weighted by Crippen LogP contribution is 2.17. The minimum atomic E-state index is -0.367. The van der Waals surface area contributed by atoms with Crippen LogP contribution in [0.3, 0.4) is 0 Å². The molecule has 0 bridgehead atoms. The summed E-state index contributed by atoms with van der Waals surface area (Å²) in [5.41, 5.74) is 2.25. The molecule has 1 heterocycles. The van der Waals surface area contributed by atoms with Gasteiger partial charge in [0.15, 0.2) is 0 Å². The molecule has 0 fully saturated rings. The minimum absolute atomic E-state index is 0.367. The number of ether oxygens (including phenoxy) is 1. The highest BCUT2D eigenvalue weighted by molar-refractivity contribution is 5.95. The number of carbonyl (C=O) groups is 1. The molecule has 0 unspecified atom stereocenters. The van der Waals surface area contributed by atoms with Gasteiger partial charge in [-0.2, -0.15) is 0 Å². The average molecular weight is 242 g/mol. The molecule has 0 aliphatic rings. The first-order valence-electron chi connectivity index (χ1n) is 5.59. The van der Waals surface area contributed by atoms with Gasteiger partial charge in [-0.15, -0.1) is 0 Å². The van der Waals surface area contributed by atoms with Crippen molar-refractivity contribution in [2.75, 3.05) is 20.7 Å². The van der Waals surface area contributed by atoms with E-state index in [2.05, 4.69) is 26.9 Å². The first-order chi connectivity index (χ1) is 8.74. The van der Waals surface area contributed by atoms with Gasteiger partial charge in [0.2, 0.25) is 0 Å². The van der Waals surface area contributed by atoms with E-state index in [0.29, 0.717) is 12.2 Å². The fourth-order valence-electron chi connectivity index (χ4n) is 1.66. The number of benzene rings is 1. The summed E-state index contributed by atoms with van der Waals surface area (Å²) in [4.78, 5) is 14.4. The predicted octanol–water partition coefficient (Wildman–Crippen LogP) is 1.53. The van der Waals surface area contributed by atoms with Gasteiger partial charge in [0.25, 0.3) is 0 Å². The molecule has 1 aromatic carbocycles. The molecule has 0 amide bonds. The Morgan fingerprint density at radius 2 is 2.28 bits per heavy atom. The van der Waals surface area contributed by atoms with E-state index < -0.39 is 0 Å². The van der Waals surface area contributed by atoms with E-state index in [1.807, 2.05) is 25.2 Å². The van der Waals surface area contributed by atoms with Crippen molar-refractivity contribution in [3.05, 3.63) is 35.5 Å². The van der Waals surface area contributed by atoms with Crippen molar-refractivity contribution in [2.24, 2.45) is 0 Å². The van der Waals surface area contributed by atoms with E-state index >= 15 is 0 Å². The van der Waals surface area contributed by atoms with Crippen LogP contribution in [0, 0.1) is 11.8 Å². The van der Waals surface area contributed by atoms with Crippen molar-refractivity contribution in [3.63, 3.8) is 0 Å². The number of nitrogens with one attached hydrogen (secondary N) is 2. The summed E-state index contributed by atoms with van der Waals surface area (Å²) >= 11 is 0. The lowest BCUT2D eigenvalue weighted by Gasteiger charge is -1.93. The summed E-state index contributed by atoms with van der Waals surface area (Å²) in [5, 5.41) is 3.93. The molecular formula is C14H14N2O2. The summed E-state index contributed by atoms with van der Waals surface area (Å²) in [6.07, 6.45) is 0. The van der Waals surface area contributed by atoms with Gasteiger partial charge in [-0.3, -0.25) is 0 Å². The molecule has 0 saturated heterocycles. The van der Waals surface area contributed by atoms with E-state index in [0.717, 1.165) is 16.5 Å². The Hall–Kier alpha value is -2.25. The third kappa shape index (κ3) is 2.53. The predicted molar refractivity (Wildman–Crippen MR) is 70.4 cm³/mol. The number of carbonyl (C=O) groups excluding carboxylic acids is 1. The summed E-state index contributed by atoms with van der Waals surface area (Å²) < 4.78 is 4.67.